The van der Waals surface area contributed by atoms with E-state index in [1.165, 1.54) is 12.1 Å². The lowest BCUT2D eigenvalue weighted by atomic mass is 10.1. The van der Waals surface area contributed by atoms with Crippen LogP contribution in [-0.4, -0.2) is 23.3 Å². The number of phenols is 1. The van der Waals surface area contributed by atoms with Crippen molar-refractivity contribution >= 4 is 46.4 Å². The van der Waals surface area contributed by atoms with Gasteiger partial charge >= 0.3 is 0 Å². The normalized spacial score (nSPS) is 11.2. The lowest BCUT2D eigenvalue weighted by Crippen LogP contribution is -2.25. The molecule has 0 unspecified atom stereocenters. The van der Waals surface area contributed by atoms with E-state index in [0.29, 0.717) is 27.1 Å². The zero-order chi connectivity index (χ0) is 17.7. The zero-order valence-electron chi connectivity index (χ0n) is 12.5. The molecule has 126 valence electrons. The van der Waals surface area contributed by atoms with Crippen molar-refractivity contribution < 1.29 is 14.6 Å². The van der Waals surface area contributed by atoms with Gasteiger partial charge in [-0.1, -0.05) is 34.8 Å². The molecular weight excluding hydrogens is 375 g/mol. The number of carbonyl (C=O) groups is 1. The van der Waals surface area contributed by atoms with Gasteiger partial charge in [-0.15, -0.1) is 0 Å². The summed E-state index contributed by atoms with van der Waals surface area (Å²) in [6.45, 7) is 1.38. The maximum atomic E-state index is 11.8. The minimum Gasteiger partial charge on any atom is -0.506 e. The van der Waals surface area contributed by atoms with Crippen molar-refractivity contribution in [2.45, 2.75) is 6.92 Å². The first-order chi connectivity index (χ1) is 11.4. The van der Waals surface area contributed by atoms with Gasteiger partial charge in [0.05, 0.1) is 10.7 Å². The van der Waals surface area contributed by atoms with Gasteiger partial charge in [-0.3, -0.25) is 4.79 Å². The zero-order valence-corrected chi connectivity index (χ0v) is 14.8. The first-order valence-electron chi connectivity index (χ1n) is 6.76. The predicted molar refractivity (Wildman–Crippen MR) is 95.4 cm³/mol. The molecule has 2 rings (SSSR count). The van der Waals surface area contributed by atoms with E-state index < -0.39 is 5.91 Å². The number of rotatable bonds is 5. The van der Waals surface area contributed by atoms with Crippen molar-refractivity contribution in [2.24, 2.45) is 5.10 Å². The molecule has 0 saturated heterocycles. The fraction of sp³-hybridized carbons (Fsp3) is 0.125. The number of benzene rings is 2. The number of hydrazone groups is 1. The van der Waals surface area contributed by atoms with Gasteiger partial charge in [-0.25, -0.2) is 5.43 Å². The summed E-state index contributed by atoms with van der Waals surface area (Å²) in [5, 5.41) is 14.8. The predicted octanol–water partition coefficient (Wildman–Crippen LogP) is 4.27. The molecule has 0 saturated carbocycles. The molecule has 0 aromatic heterocycles. The quantitative estimate of drug-likeness (QED) is 0.594. The number of nitrogens with zero attached hydrogens (tertiary/aromatic N) is 1. The van der Waals surface area contributed by atoms with Crippen LogP contribution in [0.3, 0.4) is 0 Å². The number of halogens is 3. The fourth-order valence-corrected chi connectivity index (χ4v) is 2.38. The van der Waals surface area contributed by atoms with Crippen molar-refractivity contribution in [3.8, 4) is 11.5 Å². The molecule has 2 aromatic rings. The molecule has 24 heavy (non-hydrogen) atoms. The Kier molecular flexibility index (Phi) is 6.31. The Morgan fingerprint density at radius 1 is 1.17 bits per heavy atom. The average Bonchev–Trinajstić information content (AvgIpc) is 2.55. The third-order valence-electron chi connectivity index (χ3n) is 2.95. The van der Waals surface area contributed by atoms with Crippen LogP contribution < -0.4 is 10.2 Å². The Morgan fingerprint density at radius 3 is 2.50 bits per heavy atom. The van der Waals surface area contributed by atoms with Crippen LogP contribution in [0, 0.1) is 0 Å². The second kappa shape index (κ2) is 8.24. The lowest BCUT2D eigenvalue weighted by Gasteiger charge is -2.08. The summed E-state index contributed by atoms with van der Waals surface area (Å²) < 4.78 is 5.29. The van der Waals surface area contributed by atoms with Crippen LogP contribution in [0.2, 0.25) is 15.1 Å². The highest BCUT2D eigenvalue weighted by atomic mass is 35.5. The fourth-order valence-electron chi connectivity index (χ4n) is 1.76. The highest BCUT2D eigenvalue weighted by molar-refractivity contribution is 6.36. The smallest absolute Gasteiger partial charge is 0.277 e. The third kappa shape index (κ3) is 5.03. The summed E-state index contributed by atoms with van der Waals surface area (Å²) in [7, 11) is 0. The van der Waals surface area contributed by atoms with Crippen LogP contribution in [0.5, 0.6) is 11.5 Å². The molecule has 0 aliphatic heterocycles. The van der Waals surface area contributed by atoms with Crippen LogP contribution in [0.15, 0.2) is 41.5 Å². The average molecular weight is 388 g/mol. The summed E-state index contributed by atoms with van der Waals surface area (Å²) in [6.07, 6.45) is 0. The van der Waals surface area contributed by atoms with E-state index in [0.717, 1.165) is 0 Å². The van der Waals surface area contributed by atoms with Gasteiger partial charge in [0.25, 0.3) is 5.91 Å². The van der Waals surface area contributed by atoms with E-state index in [4.69, 9.17) is 39.5 Å². The Bertz CT molecular complexity index is 777. The molecule has 8 heteroatoms. The van der Waals surface area contributed by atoms with Crippen LogP contribution in [0.1, 0.15) is 12.5 Å². The first kappa shape index (κ1) is 18.4. The summed E-state index contributed by atoms with van der Waals surface area (Å²) in [5.41, 5.74) is 3.00. The Morgan fingerprint density at radius 2 is 1.83 bits per heavy atom. The molecule has 0 fully saturated rings. The Labute approximate surface area is 153 Å². The largest absolute Gasteiger partial charge is 0.506 e. The van der Waals surface area contributed by atoms with E-state index in [-0.39, 0.29) is 17.4 Å². The maximum absolute atomic E-state index is 11.8. The Balaban J connectivity index is 1.97. The molecule has 0 atom stereocenters. The molecule has 2 N–H and O–H groups in total. The second-order valence-corrected chi connectivity index (χ2v) is 6.04. The van der Waals surface area contributed by atoms with Crippen molar-refractivity contribution in [2.75, 3.05) is 6.61 Å². The maximum Gasteiger partial charge on any atom is 0.277 e. The number of phenolic OH excluding ortho intramolecular Hbond substituents is 1. The Hall–Kier alpha value is -1.95. The molecule has 0 radical (unpaired) electrons. The number of nitrogens with one attached hydrogen (secondary N) is 1. The van der Waals surface area contributed by atoms with Gasteiger partial charge in [0, 0.05) is 15.6 Å². The van der Waals surface area contributed by atoms with Crippen molar-refractivity contribution in [3.63, 3.8) is 0 Å². The van der Waals surface area contributed by atoms with E-state index in [1.54, 1.807) is 31.2 Å². The van der Waals surface area contributed by atoms with Gasteiger partial charge in [-0.05, 0) is 43.3 Å². The summed E-state index contributed by atoms with van der Waals surface area (Å²) in [4.78, 5) is 11.8. The molecule has 0 spiro atoms. The number of amides is 1. The van der Waals surface area contributed by atoms with Gasteiger partial charge in [0.15, 0.2) is 6.61 Å². The van der Waals surface area contributed by atoms with Crippen molar-refractivity contribution in [3.05, 3.63) is 57.0 Å². The lowest BCUT2D eigenvalue weighted by molar-refractivity contribution is -0.123. The van der Waals surface area contributed by atoms with E-state index >= 15 is 0 Å². The van der Waals surface area contributed by atoms with E-state index in [1.807, 2.05) is 0 Å². The molecular formula is C16H13Cl3N2O3. The summed E-state index contributed by atoms with van der Waals surface area (Å²) in [5.74, 6) is -0.111. The second-order valence-electron chi connectivity index (χ2n) is 4.76. The molecule has 0 bridgehead atoms. The first-order valence-corrected chi connectivity index (χ1v) is 7.90. The number of carbonyl (C=O) groups excluding carboxylic acids is 1. The number of ether oxygens (including phenoxy) is 1. The minimum atomic E-state index is -0.461. The van der Waals surface area contributed by atoms with Gasteiger partial charge in [-0.2, -0.15) is 5.10 Å². The molecule has 2 aromatic carbocycles. The van der Waals surface area contributed by atoms with Gasteiger partial charge < -0.3 is 9.84 Å². The van der Waals surface area contributed by atoms with Gasteiger partial charge in [0.2, 0.25) is 0 Å². The SMILES string of the molecule is CC(=NNC(=O)COc1ccc(Cl)cc1)c1cc(Cl)cc(Cl)c1O. The number of hydrogen-bond acceptors (Lipinski definition) is 4. The minimum absolute atomic E-state index is 0.101. The molecule has 0 aliphatic carbocycles. The summed E-state index contributed by atoms with van der Waals surface area (Å²) in [6, 6.07) is 9.52. The summed E-state index contributed by atoms with van der Waals surface area (Å²) >= 11 is 17.5. The molecule has 5 nitrogen and oxygen atoms in total. The van der Waals surface area contributed by atoms with Crippen molar-refractivity contribution in [1.29, 1.82) is 0 Å². The molecule has 1 amide bonds. The van der Waals surface area contributed by atoms with Gasteiger partial charge in [0.1, 0.15) is 11.5 Å². The van der Waals surface area contributed by atoms with E-state index in [9.17, 15) is 9.90 Å². The topological polar surface area (TPSA) is 70.9 Å². The van der Waals surface area contributed by atoms with Crippen LogP contribution in [-0.2, 0) is 4.79 Å². The highest BCUT2D eigenvalue weighted by Crippen LogP contribution is 2.31. The number of hydrogen-bond donors (Lipinski definition) is 2. The van der Waals surface area contributed by atoms with Crippen LogP contribution in [0.4, 0.5) is 0 Å². The monoisotopic (exact) mass is 386 g/mol. The highest BCUT2D eigenvalue weighted by Gasteiger charge is 2.11. The molecule has 0 aliphatic rings. The third-order valence-corrected chi connectivity index (χ3v) is 3.71. The van der Waals surface area contributed by atoms with Crippen LogP contribution >= 0.6 is 34.8 Å². The van der Waals surface area contributed by atoms with E-state index in [2.05, 4.69) is 10.5 Å². The van der Waals surface area contributed by atoms with Crippen molar-refractivity contribution in [1.82, 2.24) is 5.43 Å². The number of aromatic hydroxyl groups is 1. The van der Waals surface area contributed by atoms with Crippen LogP contribution in [0.25, 0.3) is 0 Å². The molecule has 0 heterocycles. The standard InChI is InChI=1S/C16H13Cl3N2O3/c1-9(13-6-11(18)7-14(19)16(13)23)20-21-15(22)8-24-12-4-2-10(17)3-5-12/h2-7,23H,8H2,1H3,(H,21,22).